The SMILES string of the molecule is CCN(C)S(=O)(=O)CCCN. The predicted molar refractivity (Wildman–Crippen MR) is 45.8 cm³/mol. The van der Waals surface area contributed by atoms with Crippen molar-refractivity contribution in [1.29, 1.82) is 0 Å². The Morgan fingerprint density at radius 3 is 2.36 bits per heavy atom. The van der Waals surface area contributed by atoms with Gasteiger partial charge in [-0.3, -0.25) is 0 Å². The van der Waals surface area contributed by atoms with Crippen LogP contribution in [0.2, 0.25) is 0 Å². The molecule has 0 aromatic carbocycles. The molecule has 2 N–H and O–H groups in total. The fourth-order valence-corrected chi connectivity index (χ4v) is 1.85. The second-order valence-electron chi connectivity index (χ2n) is 2.37. The van der Waals surface area contributed by atoms with E-state index in [9.17, 15) is 8.42 Å². The predicted octanol–water partition coefficient (Wildman–Crippen LogP) is -0.383. The summed E-state index contributed by atoms with van der Waals surface area (Å²) in [4.78, 5) is 0. The molecular formula is C6H16N2O2S. The van der Waals surface area contributed by atoms with Crippen LogP contribution in [0.25, 0.3) is 0 Å². The molecule has 0 aliphatic heterocycles. The number of hydrogen-bond acceptors (Lipinski definition) is 3. The minimum atomic E-state index is -3.02. The smallest absolute Gasteiger partial charge is 0.213 e. The highest BCUT2D eigenvalue weighted by atomic mass is 32.2. The Bertz CT molecular complexity index is 189. The van der Waals surface area contributed by atoms with E-state index in [4.69, 9.17) is 5.73 Å². The third kappa shape index (κ3) is 3.69. The van der Waals surface area contributed by atoms with Gasteiger partial charge < -0.3 is 5.73 Å². The number of rotatable bonds is 5. The van der Waals surface area contributed by atoms with Crippen LogP contribution in [-0.2, 0) is 10.0 Å². The van der Waals surface area contributed by atoms with Gasteiger partial charge in [0.25, 0.3) is 0 Å². The van der Waals surface area contributed by atoms with Gasteiger partial charge in [0.05, 0.1) is 5.75 Å². The maximum absolute atomic E-state index is 11.2. The average Bonchev–Trinajstić information content (AvgIpc) is 1.99. The molecule has 5 heteroatoms. The fraction of sp³-hybridized carbons (Fsp3) is 1.00. The zero-order chi connectivity index (χ0) is 8.91. The van der Waals surface area contributed by atoms with Crippen molar-refractivity contribution in [2.24, 2.45) is 5.73 Å². The highest BCUT2D eigenvalue weighted by Gasteiger charge is 2.14. The largest absolute Gasteiger partial charge is 0.330 e. The maximum Gasteiger partial charge on any atom is 0.213 e. The first kappa shape index (κ1) is 10.9. The Morgan fingerprint density at radius 2 is 2.00 bits per heavy atom. The fourth-order valence-electron chi connectivity index (χ4n) is 0.618. The van der Waals surface area contributed by atoms with E-state index in [0.717, 1.165) is 0 Å². The Balaban J connectivity index is 4.01. The van der Waals surface area contributed by atoms with Gasteiger partial charge in [-0.15, -0.1) is 0 Å². The van der Waals surface area contributed by atoms with Crippen molar-refractivity contribution in [2.45, 2.75) is 13.3 Å². The third-order valence-electron chi connectivity index (χ3n) is 1.53. The van der Waals surface area contributed by atoms with Crippen molar-refractivity contribution in [3.8, 4) is 0 Å². The Morgan fingerprint density at radius 1 is 1.45 bits per heavy atom. The first-order valence-corrected chi connectivity index (χ1v) is 5.29. The summed E-state index contributed by atoms with van der Waals surface area (Å²) in [6, 6.07) is 0. The molecule has 0 saturated heterocycles. The van der Waals surface area contributed by atoms with E-state index in [2.05, 4.69) is 0 Å². The molecule has 0 aliphatic carbocycles. The van der Waals surface area contributed by atoms with E-state index in [1.54, 1.807) is 14.0 Å². The van der Waals surface area contributed by atoms with Gasteiger partial charge in [-0.1, -0.05) is 6.92 Å². The molecule has 0 amide bonds. The molecular weight excluding hydrogens is 164 g/mol. The molecule has 0 spiro atoms. The van der Waals surface area contributed by atoms with Crippen molar-refractivity contribution >= 4 is 10.0 Å². The van der Waals surface area contributed by atoms with Crippen molar-refractivity contribution in [3.63, 3.8) is 0 Å². The number of sulfonamides is 1. The molecule has 0 fully saturated rings. The molecule has 0 heterocycles. The van der Waals surface area contributed by atoms with E-state index in [1.165, 1.54) is 4.31 Å². The standard InChI is InChI=1S/C6H16N2O2S/c1-3-8(2)11(9,10)6-4-5-7/h3-7H2,1-2H3. The van der Waals surface area contributed by atoms with Gasteiger partial charge in [-0.25, -0.2) is 12.7 Å². The van der Waals surface area contributed by atoms with Crippen molar-refractivity contribution in [3.05, 3.63) is 0 Å². The topological polar surface area (TPSA) is 63.4 Å². The molecule has 11 heavy (non-hydrogen) atoms. The molecule has 68 valence electrons. The monoisotopic (exact) mass is 180 g/mol. The van der Waals surface area contributed by atoms with Crippen LogP contribution in [0, 0.1) is 0 Å². The molecule has 0 rings (SSSR count). The van der Waals surface area contributed by atoms with Crippen molar-refractivity contribution < 1.29 is 8.42 Å². The van der Waals surface area contributed by atoms with Gasteiger partial charge in [-0.05, 0) is 13.0 Å². The zero-order valence-corrected chi connectivity index (χ0v) is 7.89. The van der Waals surface area contributed by atoms with Crippen LogP contribution in [0.4, 0.5) is 0 Å². The molecule has 0 aliphatic rings. The van der Waals surface area contributed by atoms with Crippen molar-refractivity contribution in [1.82, 2.24) is 4.31 Å². The maximum atomic E-state index is 11.2. The second kappa shape index (κ2) is 4.69. The average molecular weight is 180 g/mol. The quantitative estimate of drug-likeness (QED) is 0.627. The van der Waals surface area contributed by atoms with Gasteiger partial charge in [0, 0.05) is 13.6 Å². The van der Waals surface area contributed by atoms with Gasteiger partial charge in [0.1, 0.15) is 0 Å². The molecule has 0 unspecified atom stereocenters. The summed E-state index contributed by atoms with van der Waals surface area (Å²) in [5.41, 5.74) is 5.19. The third-order valence-corrected chi connectivity index (χ3v) is 3.54. The zero-order valence-electron chi connectivity index (χ0n) is 7.08. The number of hydrogen-bond donors (Lipinski definition) is 1. The van der Waals surface area contributed by atoms with E-state index in [-0.39, 0.29) is 5.75 Å². The van der Waals surface area contributed by atoms with Gasteiger partial charge in [-0.2, -0.15) is 0 Å². The van der Waals surface area contributed by atoms with Crippen LogP contribution in [0.15, 0.2) is 0 Å². The lowest BCUT2D eigenvalue weighted by Crippen LogP contribution is -2.29. The minimum absolute atomic E-state index is 0.161. The molecule has 0 aromatic rings. The van der Waals surface area contributed by atoms with Crippen LogP contribution in [0.3, 0.4) is 0 Å². The number of nitrogens with zero attached hydrogens (tertiary/aromatic N) is 1. The first-order chi connectivity index (χ1) is 5.04. The summed E-state index contributed by atoms with van der Waals surface area (Å²) >= 11 is 0. The van der Waals surface area contributed by atoms with E-state index < -0.39 is 10.0 Å². The van der Waals surface area contributed by atoms with E-state index >= 15 is 0 Å². The van der Waals surface area contributed by atoms with Gasteiger partial charge >= 0.3 is 0 Å². The van der Waals surface area contributed by atoms with Crippen LogP contribution in [-0.4, -0.2) is 38.6 Å². The normalized spacial score (nSPS) is 12.4. The summed E-state index contributed by atoms with van der Waals surface area (Å²) in [6.07, 6.45) is 0.534. The number of nitrogens with two attached hydrogens (primary N) is 1. The molecule has 0 atom stereocenters. The van der Waals surface area contributed by atoms with Crippen LogP contribution in [0.1, 0.15) is 13.3 Å². The minimum Gasteiger partial charge on any atom is -0.330 e. The van der Waals surface area contributed by atoms with E-state index in [1.807, 2.05) is 0 Å². The lowest BCUT2D eigenvalue weighted by Gasteiger charge is -2.13. The summed E-state index contributed by atoms with van der Waals surface area (Å²) in [5.74, 6) is 0.161. The second-order valence-corrected chi connectivity index (χ2v) is 4.57. The lowest BCUT2D eigenvalue weighted by molar-refractivity contribution is 0.485. The summed E-state index contributed by atoms with van der Waals surface area (Å²) in [7, 11) is -1.44. The Hall–Kier alpha value is -0.130. The molecule has 4 nitrogen and oxygen atoms in total. The highest BCUT2D eigenvalue weighted by molar-refractivity contribution is 7.89. The van der Waals surface area contributed by atoms with Crippen LogP contribution >= 0.6 is 0 Å². The molecule has 0 aromatic heterocycles. The highest BCUT2D eigenvalue weighted by Crippen LogP contribution is 1.98. The molecule has 0 radical (unpaired) electrons. The molecule has 0 bridgehead atoms. The molecule has 0 saturated carbocycles. The van der Waals surface area contributed by atoms with E-state index in [0.29, 0.717) is 19.5 Å². The van der Waals surface area contributed by atoms with Gasteiger partial charge in [0.15, 0.2) is 0 Å². The van der Waals surface area contributed by atoms with Crippen LogP contribution < -0.4 is 5.73 Å². The summed E-state index contributed by atoms with van der Waals surface area (Å²) in [6.45, 7) is 2.75. The summed E-state index contributed by atoms with van der Waals surface area (Å²) < 4.78 is 23.7. The van der Waals surface area contributed by atoms with Crippen LogP contribution in [0.5, 0.6) is 0 Å². The lowest BCUT2D eigenvalue weighted by atomic mass is 10.5. The Labute approximate surface area is 68.4 Å². The summed E-state index contributed by atoms with van der Waals surface area (Å²) in [5, 5.41) is 0. The van der Waals surface area contributed by atoms with Gasteiger partial charge in [0.2, 0.25) is 10.0 Å². The first-order valence-electron chi connectivity index (χ1n) is 3.68. The van der Waals surface area contributed by atoms with Crippen molar-refractivity contribution in [2.75, 3.05) is 25.9 Å². The Kier molecular flexibility index (Phi) is 4.63.